The Morgan fingerprint density at radius 2 is 2.04 bits per heavy atom. The van der Waals surface area contributed by atoms with Crippen LogP contribution >= 0.6 is 0 Å². The van der Waals surface area contributed by atoms with Crippen molar-refractivity contribution in [1.29, 1.82) is 0 Å². The Morgan fingerprint density at radius 3 is 2.78 bits per heavy atom. The number of nitrogens with zero attached hydrogens (tertiary/aromatic N) is 4. The number of benzene rings is 1. The van der Waals surface area contributed by atoms with Gasteiger partial charge in [-0.3, -0.25) is 9.48 Å². The average molecular weight is 334 g/mol. The van der Waals surface area contributed by atoms with Gasteiger partial charge >= 0.3 is 0 Å². The monoisotopic (exact) mass is 334 g/mol. The predicted octanol–water partition coefficient (Wildman–Crippen LogP) is 0.723. The minimum atomic E-state index is -3.53. The second-order valence-corrected chi connectivity index (χ2v) is 7.74. The lowest BCUT2D eigenvalue weighted by atomic mass is 10.2. The number of carbonyl (C=O) groups is 1. The topological polar surface area (TPSA) is 75.5 Å². The molecule has 1 aliphatic heterocycles. The zero-order valence-electron chi connectivity index (χ0n) is 13.0. The van der Waals surface area contributed by atoms with Gasteiger partial charge in [0.2, 0.25) is 15.9 Å². The van der Waals surface area contributed by atoms with Crippen LogP contribution in [0, 0.1) is 0 Å². The summed E-state index contributed by atoms with van der Waals surface area (Å²) in [5.41, 5.74) is 2.07. The lowest BCUT2D eigenvalue weighted by Gasteiger charge is -2.17. The Morgan fingerprint density at radius 1 is 1.30 bits per heavy atom. The van der Waals surface area contributed by atoms with Crippen molar-refractivity contribution in [3.05, 3.63) is 42.2 Å². The molecule has 8 heteroatoms. The molecule has 2 aromatic rings. The van der Waals surface area contributed by atoms with Gasteiger partial charge in [0.15, 0.2) is 0 Å². The number of anilines is 1. The molecular weight excluding hydrogens is 316 g/mol. The number of sulfonamides is 1. The van der Waals surface area contributed by atoms with E-state index < -0.39 is 10.0 Å². The van der Waals surface area contributed by atoms with Gasteiger partial charge in [-0.2, -0.15) is 5.10 Å². The number of hydrogen-bond acceptors (Lipinski definition) is 4. The third-order valence-electron chi connectivity index (χ3n) is 3.87. The second kappa shape index (κ2) is 5.78. The molecule has 0 aliphatic carbocycles. The van der Waals surface area contributed by atoms with Crippen LogP contribution in [-0.2, 0) is 27.8 Å². The van der Waals surface area contributed by atoms with Crippen molar-refractivity contribution in [3.8, 4) is 0 Å². The Bertz CT molecular complexity index is 842. The standard InChI is InChI=1S/C15H18N4O3S/c1-17(2)23(21,22)13-9-16-18(10-13)11-15(20)19-8-7-12-5-3-4-6-14(12)19/h3-6,9-10H,7-8,11H2,1-2H3. The molecule has 1 aromatic heterocycles. The highest BCUT2D eigenvalue weighted by Crippen LogP contribution is 2.27. The number of amides is 1. The van der Waals surface area contributed by atoms with E-state index in [0.29, 0.717) is 6.54 Å². The van der Waals surface area contributed by atoms with E-state index in [0.717, 1.165) is 22.0 Å². The van der Waals surface area contributed by atoms with Gasteiger partial charge in [-0.1, -0.05) is 18.2 Å². The summed E-state index contributed by atoms with van der Waals surface area (Å²) in [5.74, 6) is -0.105. The van der Waals surface area contributed by atoms with Crippen molar-refractivity contribution in [1.82, 2.24) is 14.1 Å². The lowest BCUT2D eigenvalue weighted by molar-refractivity contribution is -0.119. The molecule has 2 heterocycles. The highest BCUT2D eigenvalue weighted by molar-refractivity contribution is 7.89. The molecule has 3 rings (SSSR count). The Labute approximate surface area is 135 Å². The number of fused-ring (bicyclic) bond motifs is 1. The number of aromatic nitrogens is 2. The summed E-state index contributed by atoms with van der Waals surface area (Å²) in [6.45, 7) is 0.652. The van der Waals surface area contributed by atoms with Crippen molar-refractivity contribution in [2.45, 2.75) is 17.9 Å². The van der Waals surface area contributed by atoms with Crippen LogP contribution < -0.4 is 4.90 Å². The van der Waals surface area contributed by atoms with Gasteiger partial charge in [0.05, 0.1) is 6.20 Å². The first kappa shape index (κ1) is 15.7. The summed E-state index contributed by atoms with van der Waals surface area (Å²) in [6.07, 6.45) is 3.48. The predicted molar refractivity (Wildman–Crippen MR) is 85.6 cm³/mol. The number of carbonyl (C=O) groups excluding carboxylic acids is 1. The van der Waals surface area contributed by atoms with Crippen LogP contribution in [0.3, 0.4) is 0 Å². The Hall–Kier alpha value is -2.19. The molecule has 122 valence electrons. The maximum atomic E-state index is 12.5. The van der Waals surface area contributed by atoms with Crippen LogP contribution in [0.2, 0.25) is 0 Å². The summed E-state index contributed by atoms with van der Waals surface area (Å²) < 4.78 is 26.5. The summed E-state index contributed by atoms with van der Waals surface area (Å²) in [5, 5.41) is 4.00. The first-order valence-corrected chi connectivity index (χ1v) is 8.67. The van der Waals surface area contributed by atoms with Gasteiger partial charge in [0, 0.05) is 32.5 Å². The van der Waals surface area contributed by atoms with Crippen LogP contribution in [-0.4, -0.2) is 49.1 Å². The molecule has 1 amide bonds. The quantitative estimate of drug-likeness (QED) is 0.826. The van der Waals surface area contributed by atoms with Crippen molar-refractivity contribution >= 4 is 21.6 Å². The van der Waals surface area contributed by atoms with Crippen LogP contribution in [0.4, 0.5) is 5.69 Å². The minimum absolute atomic E-state index is 0.0112. The smallest absolute Gasteiger partial charge is 0.248 e. The first-order valence-electron chi connectivity index (χ1n) is 7.23. The molecule has 7 nitrogen and oxygen atoms in total. The molecule has 0 saturated heterocycles. The fraction of sp³-hybridized carbons (Fsp3) is 0.333. The van der Waals surface area contributed by atoms with E-state index in [4.69, 9.17) is 0 Å². The fourth-order valence-corrected chi connectivity index (χ4v) is 3.45. The molecule has 0 bridgehead atoms. The molecule has 0 spiro atoms. The summed E-state index contributed by atoms with van der Waals surface area (Å²) in [4.78, 5) is 14.3. The fourth-order valence-electron chi connectivity index (χ4n) is 2.60. The summed E-state index contributed by atoms with van der Waals surface area (Å²) >= 11 is 0. The SMILES string of the molecule is CN(C)S(=O)(=O)c1cnn(CC(=O)N2CCc3ccccc32)c1. The van der Waals surface area contributed by atoms with E-state index in [1.807, 2.05) is 24.3 Å². The van der Waals surface area contributed by atoms with Gasteiger partial charge in [0.25, 0.3) is 0 Å². The molecule has 1 aromatic carbocycles. The van der Waals surface area contributed by atoms with Gasteiger partial charge in [-0.25, -0.2) is 12.7 Å². The van der Waals surface area contributed by atoms with Gasteiger partial charge in [-0.15, -0.1) is 0 Å². The zero-order chi connectivity index (χ0) is 16.6. The number of hydrogen-bond donors (Lipinski definition) is 0. The third-order valence-corrected chi connectivity index (χ3v) is 5.64. The summed E-state index contributed by atoms with van der Waals surface area (Å²) in [7, 11) is -0.620. The molecule has 0 N–H and O–H groups in total. The zero-order valence-corrected chi connectivity index (χ0v) is 13.8. The van der Waals surface area contributed by atoms with Crippen molar-refractivity contribution in [2.24, 2.45) is 0 Å². The molecule has 0 fully saturated rings. The Kier molecular flexibility index (Phi) is 3.95. The maximum absolute atomic E-state index is 12.5. The van der Waals surface area contributed by atoms with E-state index >= 15 is 0 Å². The van der Waals surface area contributed by atoms with E-state index in [1.165, 1.54) is 31.2 Å². The van der Waals surface area contributed by atoms with Gasteiger partial charge in [-0.05, 0) is 18.1 Å². The van der Waals surface area contributed by atoms with Crippen LogP contribution in [0.25, 0.3) is 0 Å². The molecule has 0 radical (unpaired) electrons. The number of para-hydroxylation sites is 1. The average Bonchev–Trinajstić information content (AvgIpc) is 3.13. The van der Waals surface area contributed by atoms with Gasteiger partial charge < -0.3 is 4.90 Å². The third kappa shape index (κ3) is 2.87. The van der Waals surface area contributed by atoms with E-state index in [-0.39, 0.29) is 17.3 Å². The molecule has 23 heavy (non-hydrogen) atoms. The molecule has 0 atom stereocenters. The lowest BCUT2D eigenvalue weighted by Crippen LogP contribution is -2.32. The first-order chi connectivity index (χ1) is 10.9. The highest BCUT2D eigenvalue weighted by atomic mass is 32.2. The van der Waals surface area contributed by atoms with Crippen LogP contribution in [0.15, 0.2) is 41.6 Å². The normalized spacial score (nSPS) is 14.3. The molecule has 0 saturated carbocycles. The van der Waals surface area contributed by atoms with E-state index in [2.05, 4.69) is 5.10 Å². The van der Waals surface area contributed by atoms with Crippen molar-refractivity contribution < 1.29 is 13.2 Å². The minimum Gasteiger partial charge on any atom is -0.310 e. The second-order valence-electron chi connectivity index (χ2n) is 5.59. The van der Waals surface area contributed by atoms with Crippen LogP contribution in [0.1, 0.15) is 5.56 Å². The summed E-state index contributed by atoms with van der Waals surface area (Å²) in [6, 6.07) is 7.79. The van der Waals surface area contributed by atoms with Gasteiger partial charge in [0.1, 0.15) is 11.4 Å². The van der Waals surface area contributed by atoms with Crippen molar-refractivity contribution in [3.63, 3.8) is 0 Å². The maximum Gasteiger partial charge on any atom is 0.248 e. The largest absolute Gasteiger partial charge is 0.310 e. The van der Waals surface area contributed by atoms with Crippen molar-refractivity contribution in [2.75, 3.05) is 25.5 Å². The van der Waals surface area contributed by atoms with Crippen LogP contribution in [0.5, 0.6) is 0 Å². The molecular formula is C15H18N4O3S. The van der Waals surface area contributed by atoms with E-state index in [9.17, 15) is 13.2 Å². The Balaban J connectivity index is 1.77. The molecule has 0 unspecified atom stereocenters. The molecule has 1 aliphatic rings. The van der Waals surface area contributed by atoms with E-state index in [1.54, 1.807) is 4.90 Å². The number of rotatable bonds is 4. The highest BCUT2D eigenvalue weighted by Gasteiger charge is 2.25.